The van der Waals surface area contributed by atoms with Crippen LogP contribution < -0.4 is 5.32 Å². The fourth-order valence-corrected chi connectivity index (χ4v) is 2.92. The average molecular weight is 313 g/mol. The number of benzene rings is 1. The third kappa shape index (κ3) is 6.48. The molecule has 0 aliphatic carbocycles. The molecule has 1 aromatic rings. The summed E-state index contributed by atoms with van der Waals surface area (Å²) in [4.78, 5) is 12.0. The zero-order valence-corrected chi connectivity index (χ0v) is 13.6. The highest BCUT2D eigenvalue weighted by Gasteiger charge is 2.18. The summed E-state index contributed by atoms with van der Waals surface area (Å²) in [5, 5.41) is 12.1. The molecule has 0 aliphatic heterocycles. The first-order chi connectivity index (χ1) is 9.96. The Morgan fingerprint density at radius 3 is 2.71 bits per heavy atom. The van der Waals surface area contributed by atoms with Gasteiger partial charge in [0.1, 0.15) is 5.82 Å². The molecule has 0 heterocycles. The van der Waals surface area contributed by atoms with Crippen molar-refractivity contribution in [3.05, 3.63) is 35.6 Å². The van der Waals surface area contributed by atoms with Crippen LogP contribution in [0.4, 0.5) is 4.39 Å². The Morgan fingerprint density at radius 1 is 1.43 bits per heavy atom. The SMILES string of the molecule is CSC(CO)C(C)NC(=O)CC(C)Cc1cccc(F)c1. The van der Waals surface area contributed by atoms with E-state index in [0.29, 0.717) is 12.8 Å². The lowest BCUT2D eigenvalue weighted by Crippen LogP contribution is -2.41. The van der Waals surface area contributed by atoms with E-state index in [-0.39, 0.29) is 35.5 Å². The summed E-state index contributed by atoms with van der Waals surface area (Å²) in [6.07, 6.45) is 2.98. The number of halogens is 1. The van der Waals surface area contributed by atoms with E-state index in [0.717, 1.165) is 5.56 Å². The third-order valence-corrected chi connectivity index (χ3v) is 4.60. The number of hydrogen-bond acceptors (Lipinski definition) is 3. The molecule has 3 unspecified atom stereocenters. The molecule has 118 valence electrons. The predicted molar refractivity (Wildman–Crippen MR) is 85.9 cm³/mol. The Bertz CT molecular complexity index is 452. The Hall–Kier alpha value is -1.07. The smallest absolute Gasteiger partial charge is 0.220 e. The molecule has 1 amide bonds. The number of aliphatic hydroxyl groups is 1. The van der Waals surface area contributed by atoms with Crippen LogP contribution in [0.5, 0.6) is 0 Å². The highest BCUT2D eigenvalue weighted by atomic mass is 32.2. The van der Waals surface area contributed by atoms with Crippen molar-refractivity contribution < 1.29 is 14.3 Å². The van der Waals surface area contributed by atoms with Gasteiger partial charge in [0.05, 0.1) is 6.61 Å². The molecule has 3 atom stereocenters. The van der Waals surface area contributed by atoms with Gasteiger partial charge in [-0.25, -0.2) is 4.39 Å². The second-order valence-electron chi connectivity index (χ2n) is 5.46. The average Bonchev–Trinajstić information content (AvgIpc) is 2.39. The number of hydrogen-bond donors (Lipinski definition) is 2. The zero-order valence-electron chi connectivity index (χ0n) is 12.8. The highest BCUT2D eigenvalue weighted by Crippen LogP contribution is 2.14. The number of aliphatic hydroxyl groups excluding tert-OH is 1. The Balaban J connectivity index is 2.43. The monoisotopic (exact) mass is 313 g/mol. The number of nitrogens with one attached hydrogen (secondary N) is 1. The molecule has 21 heavy (non-hydrogen) atoms. The molecule has 1 rings (SSSR count). The van der Waals surface area contributed by atoms with E-state index in [1.165, 1.54) is 23.9 Å². The minimum atomic E-state index is -0.247. The normalized spacial score (nSPS) is 15.3. The molecule has 0 saturated heterocycles. The van der Waals surface area contributed by atoms with Gasteiger partial charge >= 0.3 is 0 Å². The summed E-state index contributed by atoms with van der Waals surface area (Å²) in [5.41, 5.74) is 0.903. The van der Waals surface area contributed by atoms with Crippen molar-refractivity contribution in [3.8, 4) is 0 Å². The maximum absolute atomic E-state index is 13.1. The molecule has 0 fully saturated rings. The van der Waals surface area contributed by atoms with Crippen LogP contribution >= 0.6 is 11.8 Å². The van der Waals surface area contributed by atoms with Crippen molar-refractivity contribution in [2.45, 2.75) is 38.0 Å². The van der Waals surface area contributed by atoms with E-state index >= 15 is 0 Å². The van der Waals surface area contributed by atoms with Crippen molar-refractivity contribution in [1.29, 1.82) is 0 Å². The molecule has 0 radical (unpaired) electrons. The van der Waals surface area contributed by atoms with Gasteiger partial charge in [0.2, 0.25) is 5.91 Å². The number of amides is 1. The van der Waals surface area contributed by atoms with Gasteiger partial charge in [-0.15, -0.1) is 0 Å². The van der Waals surface area contributed by atoms with Gasteiger partial charge in [-0.05, 0) is 43.2 Å². The van der Waals surface area contributed by atoms with Crippen LogP contribution in [0.1, 0.15) is 25.8 Å². The maximum atomic E-state index is 13.1. The number of carbonyl (C=O) groups excluding carboxylic acids is 1. The Kier molecular flexibility index (Phi) is 7.75. The van der Waals surface area contributed by atoms with Crippen molar-refractivity contribution in [1.82, 2.24) is 5.32 Å². The van der Waals surface area contributed by atoms with Gasteiger partial charge in [-0.3, -0.25) is 4.79 Å². The molecule has 0 saturated carbocycles. The fraction of sp³-hybridized carbons (Fsp3) is 0.562. The standard InChI is InChI=1S/C16H24FNO2S/c1-11(7-13-5-4-6-14(17)9-13)8-16(20)18-12(2)15(10-19)21-3/h4-6,9,11-12,15,19H,7-8,10H2,1-3H3,(H,18,20). The summed E-state index contributed by atoms with van der Waals surface area (Å²) in [6, 6.07) is 6.41. The molecule has 5 heteroatoms. The van der Waals surface area contributed by atoms with Gasteiger partial charge in [0.25, 0.3) is 0 Å². The lowest BCUT2D eigenvalue weighted by molar-refractivity contribution is -0.122. The van der Waals surface area contributed by atoms with Crippen molar-refractivity contribution in [2.75, 3.05) is 12.9 Å². The van der Waals surface area contributed by atoms with Crippen LogP contribution in [0, 0.1) is 11.7 Å². The first kappa shape index (κ1) is 18.0. The van der Waals surface area contributed by atoms with Gasteiger partial charge < -0.3 is 10.4 Å². The molecular formula is C16H24FNO2S. The molecule has 3 nitrogen and oxygen atoms in total. The summed E-state index contributed by atoms with van der Waals surface area (Å²) in [7, 11) is 0. The summed E-state index contributed by atoms with van der Waals surface area (Å²) < 4.78 is 13.1. The van der Waals surface area contributed by atoms with E-state index in [1.54, 1.807) is 6.07 Å². The molecule has 0 aliphatic rings. The van der Waals surface area contributed by atoms with Gasteiger partial charge in [0.15, 0.2) is 0 Å². The largest absolute Gasteiger partial charge is 0.395 e. The quantitative estimate of drug-likeness (QED) is 0.775. The van der Waals surface area contributed by atoms with Crippen LogP contribution in [0.25, 0.3) is 0 Å². The molecular weight excluding hydrogens is 289 g/mol. The molecule has 2 N–H and O–H groups in total. The summed E-state index contributed by atoms with van der Waals surface area (Å²) in [6.45, 7) is 3.92. The predicted octanol–water partition coefficient (Wildman–Crippen LogP) is 2.62. The minimum Gasteiger partial charge on any atom is -0.395 e. The van der Waals surface area contributed by atoms with E-state index in [4.69, 9.17) is 0 Å². The van der Waals surface area contributed by atoms with Crippen LogP contribution in [0.2, 0.25) is 0 Å². The van der Waals surface area contributed by atoms with Crippen molar-refractivity contribution in [3.63, 3.8) is 0 Å². The summed E-state index contributed by atoms with van der Waals surface area (Å²) in [5.74, 6) is -0.136. The van der Waals surface area contributed by atoms with Gasteiger partial charge in [-0.1, -0.05) is 19.1 Å². The lowest BCUT2D eigenvalue weighted by Gasteiger charge is -2.22. The lowest BCUT2D eigenvalue weighted by atomic mass is 9.97. The van der Waals surface area contributed by atoms with Gasteiger partial charge in [0, 0.05) is 17.7 Å². The van der Waals surface area contributed by atoms with Crippen LogP contribution in [0.3, 0.4) is 0 Å². The second kappa shape index (κ2) is 9.05. The third-order valence-electron chi connectivity index (χ3n) is 3.44. The topological polar surface area (TPSA) is 49.3 Å². The first-order valence-corrected chi connectivity index (χ1v) is 8.42. The Morgan fingerprint density at radius 2 is 2.14 bits per heavy atom. The van der Waals surface area contributed by atoms with Crippen molar-refractivity contribution in [2.24, 2.45) is 5.92 Å². The van der Waals surface area contributed by atoms with Gasteiger partial charge in [-0.2, -0.15) is 11.8 Å². The van der Waals surface area contributed by atoms with Crippen LogP contribution in [-0.2, 0) is 11.2 Å². The number of thioether (sulfide) groups is 1. The maximum Gasteiger partial charge on any atom is 0.220 e. The van der Waals surface area contributed by atoms with E-state index in [9.17, 15) is 14.3 Å². The molecule has 0 aromatic heterocycles. The van der Waals surface area contributed by atoms with Crippen LogP contribution in [-0.4, -0.2) is 35.2 Å². The molecule has 0 spiro atoms. The number of rotatable bonds is 8. The molecule has 0 bridgehead atoms. The number of carbonyl (C=O) groups is 1. The highest BCUT2D eigenvalue weighted by molar-refractivity contribution is 7.99. The first-order valence-electron chi connectivity index (χ1n) is 7.13. The van der Waals surface area contributed by atoms with E-state index < -0.39 is 0 Å². The van der Waals surface area contributed by atoms with Crippen molar-refractivity contribution >= 4 is 17.7 Å². The van der Waals surface area contributed by atoms with E-state index in [2.05, 4.69) is 5.32 Å². The Labute approximate surface area is 130 Å². The second-order valence-corrected chi connectivity index (χ2v) is 6.53. The fourth-order valence-electron chi connectivity index (χ4n) is 2.30. The van der Waals surface area contributed by atoms with Crippen LogP contribution in [0.15, 0.2) is 24.3 Å². The van der Waals surface area contributed by atoms with E-state index in [1.807, 2.05) is 26.2 Å². The zero-order chi connectivity index (χ0) is 15.8. The molecule has 1 aromatic carbocycles. The minimum absolute atomic E-state index is 0.00692. The summed E-state index contributed by atoms with van der Waals surface area (Å²) >= 11 is 1.54.